The Morgan fingerprint density at radius 3 is 2.68 bits per heavy atom. The summed E-state index contributed by atoms with van der Waals surface area (Å²) in [6.45, 7) is 0. The third-order valence-corrected chi connectivity index (χ3v) is 5.70. The smallest absolute Gasteiger partial charge is 0.186 e. The van der Waals surface area contributed by atoms with E-state index in [9.17, 15) is 9.90 Å². The van der Waals surface area contributed by atoms with Crippen LogP contribution in [0.15, 0.2) is 78.9 Å². The van der Waals surface area contributed by atoms with Crippen LogP contribution in [-0.4, -0.2) is 26.6 Å². The topological polar surface area (TPSA) is 75.1 Å². The largest absolute Gasteiger partial charge is 0.506 e. The number of aromatic hydroxyl groups is 1. The van der Waals surface area contributed by atoms with Crippen molar-refractivity contribution >= 4 is 28.1 Å². The summed E-state index contributed by atoms with van der Waals surface area (Å²) in [7, 11) is 0. The van der Waals surface area contributed by atoms with E-state index in [0.717, 1.165) is 33.8 Å². The number of hydrogen-bond donors (Lipinski definition) is 2. The van der Waals surface area contributed by atoms with Crippen LogP contribution in [0.5, 0.6) is 5.75 Å². The number of thioether (sulfide) groups is 1. The number of carbonyl (C=O) groups excluding carboxylic acids is 1. The van der Waals surface area contributed by atoms with E-state index in [0.29, 0.717) is 5.69 Å². The van der Waals surface area contributed by atoms with Crippen LogP contribution in [0.3, 0.4) is 0 Å². The molecule has 1 aliphatic heterocycles. The quantitative estimate of drug-likeness (QED) is 0.649. The number of benzene rings is 1. The van der Waals surface area contributed by atoms with E-state index < -0.39 is 6.04 Å². The Labute approximate surface area is 167 Å². The minimum atomic E-state index is -0.607. The number of nitrogens with zero attached hydrogens (tertiary/aromatic N) is 2. The Bertz CT molecular complexity index is 1010. The van der Waals surface area contributed by atoms with Gasteiger partial charge in [-0.15, -0.1) is 11.8 Å². The molecule has 0 bridgehead atoms. The van der Waals surface area contributed by atoms with E-state index in [1.54, 1.807) is 36.4 Å². The van der Waals surface area contributed by atoms with Gasteiger partial charge in [0.15, 0.2) is 5.78 Å². The third-order valence-electron chi connectivity index (χ3n) is 4.52. The highest BCUT2D eigenvalue weighted by Gasteiger charge is 2.29. The zero-order valence-electron chi connectivity index (χ0n) is 15.1. The van der Waals surface area contributed by atoms with Gasteiger partial charge in [-0.3, -0.25) is 14.8 Å². The predicted molar refractivity (Wildman–Crippen MR) is 112 cm³/mol. The van der Waals surface area contributed by atoms with Gasteiger partial charge in [-0.05, 0) is 18.1 Å². The average Bonchev–Trinajstić information content (AvgIpc) is 3.23. The van der Waals surface area contributed by atoms with Crippen molar-refractivity contribution in [3.8, 4) is 5.75 Å². The molecule has 5 nitrogen and oxygen atoms in total. The lowest BCUT2D eigenvalue weighted by Gasteiger charge is -2.20. The molecule has 28 heavy (non-hydrogen) atoms. The second-order valence-corrected chi connectivity index (χ2v) is 7.54. The maximum atomic E-state index is 13.6. The van der Waals surface area contributed by atoms with Gasteiger partial charge in [-0.25, -0.2) is 0 Å². The first-order valence-corrected chi connectivity index (χ1v) is 9.97. The molecule has 1 aliphatic rings. The number of carbonyl (C=O) groups is 1. The fourth-order valence-corrected chi connectivity index (χ4v) is 4.42. The zero-order chi connectivity index (χ0) is 19.3. The van der Waals surface area contributed by atoms with Crippen molar-refractivity contribution in [2.24, 2.45) is 0 Å². The minimum absolute atomic E-state index is 0.0141. The Morgan fingerprint density at radius 2 is 1.93 bits per heavy atom. The molecule has 0 fully saturated rings. The molecule has 0 aliphatic carbocycles. The Hall–Kier alpha value is -3.12. The van der Waals surface area contributed by atoms with Gasteiger partial charge in [0.2, 0.25) is 0 Å². The lowest BCUT2D eigenvalue weighted by molar-refractivity contribution is -0.116. The molecule has 6 heteroatoms. The van der Waals surface area contributed by atoms with Crippen molar-refractivity contribution in [1.82, 2.24) is 9.97 Å². The Morgan fingerprint density at radius 1 is 1.07 bits per heavy atom. The van der Waals surface area contributed by atoms with E-state index in [1.165, 1.54) is 6.20 Å². The highest BCUT2D eigenvalue weighted by atomic mass is 32.2. The summed E-state index contributed by atoms with van der Waals surface area (Å²) in [5, 5.41) is 13.0. The molecule has 3 aromatic rings. The van der Waals surface area contributed by atoms with Gasteiger partial charge in [0.05, 0.1) is 18.1 Å². The van der Waals surface area contributed by atoms with E-state index >= 15 is 0 Å². The highest BCUT2D eigenvalue weighted by molar-refractivity contribution is 8.08. The average molecular weight is 389 g/mol. The van der Waals surface area contributed by atoms with Crippen LogP contribution >= 0.6 is 11.8 Å². The SMILES string of the molecule is O=C(C1=C(c2ccccc2)SCC1)C(Nc1cncc(O)c1)c1cccnc1. The molecule has 2 N–H and O–H groups in total. The number of pyridine rings is 2. The molecule has 0 radical (unpaired) electrons. The molecule has 140 valence electrons. The van der Waals surface area contributed by atoms with E-state index in [-0.39, 0.29) is 11.5 Å². The van der Waals surface area contributed by atoms with Crippen LogP contribution in [0.25, 0.3) is 4.91 Å². The number of nitrogens with one attached hydrogen (secondary N) is 1. The summed E-state index contributed by atoms with van der Waals surface area (Å²) >= 11 is 1.72. The third kappa shape index (κ3) is 3.92. The van der Waals surface area contributed by atoms with E-state index in [1.807, 2.05) is 42.5 Å². The molecule has 4 rings (SSSR count). The first-order chi connectivity index (χ1) is 13.7. The van der Waals surface area contributed by atoms with Crippen LogP contribution in [0.2, 0.25) is 0 Å². The molecule has 1 aromatic carbocycles. The summed E-state index contributed by atoms with van der Waals surface area (Å²) in [4.78, 5) is 22.8. The van der Waals surface area contributed by atoms with Gasteiger partial charge >= 0.3 is 0 Å². The maximum absolute atomic E-state index is 13.6. The Kier molecular flexibility index (Phi) is 5.39. The normalized spacial score (nSPS) is 14.7. The highest BCUT2D eigenvalue weighted by Crippen LogP contribution is 2.41. The van der Waals surface area contributed by atoms with Gasteiger partial charge in [0.25, 0.3) is 0 Å². The van der Waals surface area contributed by atoms with Gasteiger partial charge in [0, 0.05) is 40.3 Å². The number of rotatable bonds is 6. The summed E-state index contributed by atoms with van der Waals surface area (Å²) in [6.07, 6.45) is 7.05. The van der Waals surface area contributed by atoms with Crippen molar-refractivity contribution in [3.05, 3.63) is 90.0 Å². The monoisotopic (exact) mass is 389 g/mol. The summed E-state index contributed by atoms with van der Waals surface area (Å²) < 4.78 is 0. The van der Waals surface area contributed by atoms with Crippen LogP contribution in [0, 0.1) is 0 Å². The second kappa shape index (κ2) is 8.27. The Balaban J connectivity index is 1.72. The zero-order valence-corrected chi connectivity index (χ0v) is 15.9. The van der Waals surface area contributed by atoms with Crippen molar-refractivity contribution in [1.29, 1.82) is 0 Å². The number of Topliss-reactive ketones (excluding diaryl/α,β-unsaturated/α-hetero) is 1. The van der Waals surface area contributed by atoms with Crippen molar-refractivity contribution < 1.29 is 9.90 Å². The molecule has 0 saturated carbocycles. The minimum Gasteiger partial charge on any atom is -0.506 e. The van der Waals surface area contributed by atoms with Crippen LogP contribution in [-0.2, 0) is 4.79 Å². The molecule has 1 unspecified atom stereocenters. The number of ketones is 1. The van der Waals surface area contributed by atoms with Gasteiger partial charge in [0.1, 0.15) is 11.8 Å². The maximum Gasteiger partial charge on any atom is 0.186 e. The van der Waals surface area contributed by atoms with Crippen LogP contribution in [0.1, 0.15) is 23.6 Å². The standard InChI is InChI=1S/C22H19N3O2S/c26-18-11-17(13-24-14-18)25-20(16-7-4-9-23-12-16)21(27)19-8-10-28-22(19)15-5-2-1-3-6-15/h1-7,9,11-14,20,25-26H,8,10H2. The number of hydrogen-bond acceptors (Lipinski definition) is 6. The van der Waals surface area contributed by atoms with Crippen LogP contribution < -0.4 is 5.32 Å². The molecule has 2 aromatic heterocycles. The number of aromatic nitrogens is 2. The second-order valence-electron chi connectivity index (χ2n) is 6.43. The van der Waals surface area contributed by atoms with E-state index in [2.05, 4.69) is 15.3 Å². The fourth-order valence-electron chi connectivity index (χ4n) is 3.23. The first kappa shape index (κ1) is 18.3. The molecule has 1 atom stereocenters. The van der Waals surface area contributed by atoms with Crippen molar-refractivity contribution in [2.45, 2.75) is 12.5 Å². The molecule has 0 spiro atoms. The first-order valence-electron chi connectivity index (χ1n) is 8.98. The summed E-state index contributed by atoms with van der Waals surface area (Å²) in [6, 6.07) is 14.7. The predicted octanol–water partition coefficient (Wildman–Crippen LogP) is 4.45. The van der Waals surface area contributed by atoms with Gasteiger partial charge in [-0.2, -0.15) is 0 Å². The van der Waals surface area contributed by atoms with Crippen molar-refractivity contribution in [3.63, 3.8) is 0 Å². The number of anilines is 1. The summed E-state index contributed by atoms with van der Waals surface area (Å²) in [5.74, 6) is 0.946. The van der Waals surface area contributed by atoms with Crippen LogP contribution in [0.4, 0.5) is 5.69 Å². The van der Waals surface area contributed by atoms with Gasteiger partial charge in [-0.1, -0.05) is 36.4 Å². The lowest BCUT2D eigenvalue weighted by Crippen LogP contribution is -2.23. The summed E-state index contributed by atoms with van der Waals surface area (Å²) in [5.41, 5.74) is 3.24. The molecule has 0 saturated heterocycles. The molecule has 0 amide bonds. The fraction of sp³-hybridized carbons (Fsp3) is 0.136. The lowest BCUT2D eigenvalue weighted by atomic mass is 9.95. The van der Waals surface area contributed by atoms with Gasteiger partial charge < -0.3 is 10.4 Å². The van der Waals surface area contributed by atoms with Crippen molar-refractivity contribution in [2.75, 3.05) is 11.1 Å². The van der Waals surface area contributed by atoms with E-state index in [4.69, 9.17) is 0 Å². The molecular formula is C22H19N3O2S. The molecular weight excluding hydrogens is 370 g/mol. The molecule has 3 heterocycles.